The van der Waals surface area contributed by atoms with Crippen molar-refractivity contribution in [2.45, 2.75) is 13.0 Å². The standard InChI is InChI=1S/C20H21FN4O/c1-15(20(26)23-19-5-3-2-4-16(19)14-22)24-10-12-25(13-11-24)18-8-6-17(21)7-9-18/h2-9,15H,10-13H2,1H3,(H,23,26)/p+1/t15-/m1/s1. The monoisotopic (exact) mass is 353 g/mol. The first kappa shape index (κ1) is 17.9. The fraction of sp³-hybridized carbons (Fsp3) is 0.300. The summed E-state index contributed by atoms with van der Waals surface area (Å²) < 4.78 is 13.1. The van der Waals surface area contributed by atoms with Crippen LogP contribution < -0.4 is 15.1 Å². The number of para-hydroxylation sites is 1. The molecule has 0 bridgehead atoms. The van der Waals surface area contributed by atoms with Crippen LogP contribution in [0, 0.1) is 17.1 Å². The molecule has 1 aliphatic heterocycles. The molecule has 2 aromatic carbocycles. The van der Waals surface area contributed by atoms with E-state index in [0.29, 0.717) is 11.3 Å². The maximum Gasteiger partial charge on any atom is 0.282 e. The van der Waals surface area contributed by atoms with Crippen molar-refractivity contribution in [2.75, 3.05) is 36.4 Å². The number of hydrogen-bond acceptors (Lipinski definition) is 3. The maximum absolute atomic E-state index is 13.1. The average Bonchev–Trinajstić information content (AvgIpc) is 2.68. The second-order valence-electron chi connectivity index (χ2n) is 6.49. The molecule has 5 nitrogen and oxygen atoms in total. The molecule has 0 aromatic heterocycles. The molecule has 134 valence electrons. The van der Waals surface area contributed by atoms with Gasteiger partial charge in [-0.2, -0.15) is 5.26 Å². The van der Waals surface area contributed by atoms with E-state index in [1.54, 1.807) is 36.4 Å². The summed E-state index contributed by atoms with van der Waals surface area (Å²) in [4.78, 5) is 16.0. The highest BCUT2D eigenvalue weighted by atomic mass is 19.1. The summed E-state index contributed by atoms with van der Waals surface area (Å²) in [6.07, 6.45) is 0. The Kier molecular flexibility index (Phi) is 5.49. The molecule has 3 rings (SSSR count). The number of carbonyl (C=O) groups is 1. The lowest BCUT2D eigenvalue weighted by molar-refractivity contribution is -0.914. The molecule has 0 aliphatic carbocycles. The molecule has 1 saturated heterocycles. The van der Waals surface area contributed by atoms with Crippen molar-refractivity contribution in [3.63, 3.8) is 0 Å². The Morgan fingerprint density at radius 2 is 1.85 bits per heavy atom. The second-order valence-corrected chi connectivity index (χ2v) is 6.49. The van der Waals surface area contributed by atoms with Crippen LogP contribution in [0.25, 0.3) is 0 Å². The third kappa shape index (κ3) is 4.01. The quantitative estimate of drug-likeness (QED) is 0.874. The van der Waals surface area contributed by atoms with Gasteiger partial charge in [0, 0.05) is 5.69 Å². The van der Waals surface area contributed by atoms with Crippen molar-refractivity contribution in [3.05, 3.63) is 59.9 Å². The van der Waals surface area contributed by atoms with Crippen molar-refractivity contribution in [2.24, 2.45) is 0 Å². The zero-order chi connectivity index (χ0) is 18.5. The van der Waals surface area contributed by atoms with Gasteiger partial charge in [-0.3, -0.25) is 4.79 Å². The van der Waals surface area contributed by atoms with Crippen LogP contribution in [-0.4, -0.2) is 38.1 Å². The minimum atomic E-state index is -0.235. The summed E-state index contributed by atoms with van der Waals surface area (Å²) in [7, 11) is 0. The zero-order valence-electron chi connectivity index (χ0n) is 14.7. The topological polar surface area (TPSA) is 60.6 Å². The van der Waals surface area contributed by atoms with E-state index >= 15 is 0 Å². The molecule has 0 saturated carbocycles. The number of anilines is 2. The summed E-state index contributed by atoms with van der Waals surface area (Å²) in [5.74, 6) is -0.320. The zero-order valence-corrected chi connectivity index (χ0v) is 14.7. The average molecular weight is 353 g/mol. The molecule has 1 aliphatic rings. The first-order valence-electron chi connectivity index (χ1n) is 8.73. The first-order chi connectivity index (χ1) is 12.6. The van der Waals surface area contributed by atoms with Gasteiger partial charge in [-0.1, -0.05) is 12.1 Å². The number of nitrogens with zero attached hydrogens (tertiary/aromatic N) is 2. The summed E-state index contributed by atoms with van der Waals surface area (Å²) in [6.45, 7) is 5.19. The van der Waals surface area contributed by atoms with Crippen molar-refractivity contribution in [1.29, 1.82) is 5.26 Å². The number of carbonyl (C=O) groups excluding carboxylic acids is 1. The minimum Gasteiger partial charge on any atom is -0.360 e. The van der Waals surface area contributed by atoms with Gasteiger partial charge in [0.2, 0.25) is 0 Å². The Morgan fingerprint density at radius 1 is 1.19 bits per heavy atom. The van der Waals surface area contributed by atoms with Crippen molar-refractivity contribution >= 4 is 17.3 Å². The Hall–Kier alpha value is -2.91. The van der Waals surface area contributed by atoms with Crippen LogP contribution in [0.4, 0.5) is 15.8 Å². The van der Waals surface area contributed by atoms with Gasteiger partial charge in [0.15, 0.2) is 6.04 Å². The van der Waals surface area contributed by atoms with Crippen LogP contribution in [-0.2, 0) is 4.79 Å². The molecule has 0 radical (unpaired) electrons. The van der Waals surface area contributed by atoms with Gasteiger partial charge >= 0.3 is 0 Å². The van der Waals surface area contributed by atoms with Crippen LogP contribution in [0.3, 0.4) is 0 Å². The van der Waals surface area contributed by atoms with E-state index in [1.807, 2.05) is 6.92 Å². The summed E-state index contributed by atoms with van der Waals surface area (Å²) in [5, 5.41) is 12.0. The molecular formula is C20H22FN4O+. The summed E-state index contributed by atoms with van der Waals surface area (Å²) >= 11 is 0. The molecule has 2 N–H and O–H groups in total. The van der Waals surface area contributed by atoms with Crippen LogP contribution in [0.15, 0.2) is 48.5 Å². The lowest BCUT2D eigenvalue weighted by Crippen LogP contribution is -3.19. The Balaban J connectivity index is 1.57. The normalized spacial score (nSPS) is 16.0. The number of hydrogen-bond donors (Lipinski definition) is 2. The highest BCUT2D eigenvalue weighted by Crippen LogP contribution is 2.15. The number of rotatable bonds is 4. The van der Waals surface area contributed by atoms with E-state index in [-0.39, 0.29) is 17.8 Å². The SMILES string of the molecule is C[C@H](C(=O)Nc1ccccc1C#N)[NH+]1CCN(c2ccc(F)cc2)CC1. The number of quaternary nitrogens is 1. The number of nitrogens with one attached hydrogen (secondary N) is 2. The fourth-order valence-corrected chi connectivity index (χ4v) is 3.25. The first-order valence-corrected chi connectivity index (χ1v) is 8.73. The third-order valence-electron chi connectivity index (χ3n) is 4.91. The smallest absolute Gasteiger partial charge is 0.282 e. The molecule has 1 fully saturated rings. The Bertz CT molecular complexity index is 807. The summed E-state index contributed by atoms with van der Waals surface area (Å²) in [6, 6.07) is 15.4. The van der Waals surface area contributed by atoms with E-state index in [2.05, 4.69) is 16.3 Å². The highest BCUT2D eigenvalue weighted by molar-refractivity contribution is 5.94. The number of benzene rings is 2. The largest absolute Gasteiger partial charge is 0.360 e. The van der Waals surface area contributed by atoms with Gasteiger partial charge in [0.05, 0.1) is 37.4 Å². The number of amides is 1. The number of nitriles is 1. The minimum absolute atomic E-state index is 0.0852. The van der Waals surface area contributed by atoms with Gasteiger partial charge in [0.25, 0.3) is 5.91 Å². The molecule has 2 aromatic rings. The molecule has 1 heterocycles. The molecule has 0 unspecified atom stereocenters. The molecule has 26 heavy (non-hydrogen) atoms. The number of piperazine rings is 1. The molecular weight excluding hydrogens is 331 g/mol. The van der Waals surface area contributed by atoms with Gasteiger partial charge in [0.1, 0.15) is 11.9 Å². The van der Waals surface area contributed by atoms with Crippen LogP contribution in [0.2, 0.25) is 0 Å². The lowest BCUT2D eigenvalue weighted by atomic mass is 10.1. The Morgan fingerprint density at radius 3 is 2.50 bits per heavy atom. The lowest BCUT2D eigenvalue weighted by Gasteiger charge is -2.36. The van der Waals surface area contributed by atoms with E-state index in [0.717, 1.165) is 31.9 Å². The molecule has 1 atom stereocenters. The van der Waals surface area contributed by atoms with Crippen molar-refractivity contribution < 1.29 is 14.1 Å². The van der Waals surface area contributed by atoms with E-state index < -0.39 is 0 Å². The third-order valence-corrected chi connectivity index (χ3v) is 4.91. The van der Waals surface area contributed by atoms with E-state index in [1.165, 1.54) is 17.0 Å². The predicted octanol–water partition coefficient (Wildman–Crippen LogP) is 1.43. The van der Waals surface area contributed by atoms with Crippen molar-refractivity contribution in [3.8, 4) is 6.07 Å². The van der Waals surface area contributed by atoms with Gasteiger partial charge in [-0.15, -0.1) is 0 Å². The Labute approximate surface area is 152 Å². The van der Waals surface area contributed by atoms with Gasteiger partial charge in [-0.25, -0.2) is 4.39 Å². The van der Waals surface area contributed by atoms with E-state index in [9.17, 15) is 9.18 Å². The van der Waals surface area contributed by atoms with Gasteiger partial charge in [-0.05, 0) is 43.3 Å². The fourth-order valence-electron chi connectivity index (χ4n) is 3.25. The van der Waals surface area contributed by atoms with Crippen LogP contribution in [0.5, 0.6) is 0 Å². The van der Waals surface area contributed by atoms with Crippen molar-refractivity contribution in [1.82, 2.24) is 0 Å². The van der Waals surface area contributed by atoms with Crippen LogP contribution >= 0.6 is 0 Å². The van der Waals surface area contributed by atoms with Gasteiger partial charge < -0.3 is 15.1 Å². The molecule has 6 heteroatoms. The highest BCUT2D eigenvalue weighted by Gasteiger charge is 2.29. The van der Waals surface area contributed by atoms with Crippen LogP contribution in [0.1, 0.15) is 12.5 Å². The van der Waals surface area contributed by atoms with E-state index in [4.69, 9.17) is 5.26 Å². The molecule has 0 spiro atoms. The second kappa shape index (κ2) is 7.98. The number of halogens is 1. The summed E-state index contributed by atoms with van der Waals surface area (Å²) in [5.41, 5.74) is 2.02. The molecule has 1 amide bonds. The maximum atomic E-state index is 13.1. The predicted molar refractivity (Wildman–Crippen MR) is 98.6 cm³/mol.